The third kappa shape index (κ3) is 3.75. The molecule has 1 N–H and O–H groups in total. The largest absolute Gasteiger partial charge is 0.383 e. The van der Waals surface area contributed by atoms with Crippen LogP contribution in [0.1, 0.15) is 0 Å². The lowest BCUT2D eigenvalue weighted by molar-refractivity contribution is -0.129. The predicted octanol–water partition coefficient (Wildman–Crippen LogP) is -0.218. The van der Waals surface area contributed by atoms with Crippen molar-refractivity contribution in [3.63, 3.8) is 0 Å². The lowest BCUT2D eigenvalue weighted by Crippen LogP contribution is -2.41. The number of methoxy groups -OCH3 is 1. The minimum atomic E-state index is -0.149. The van der Waals surface area contributed by atoms with Crippen molar-refractivity contribution >= 4 is 5.91 Å². The quantitative estimate of drug-likeness (QED) is 0.444. The molecule has 0 rings (SSSR count). The van der Waals surface area contributed by atoms with Gasteiger partial charge in [0.2, 0.25) is 0 Å². The second-order valence-electron chi connectivity index (χ2n) is 1.91. The van der Waals surface area contributed by atoms with Crippen molar-refractivity contribution in [3.8, 4) is 0 Å². The molecule has 11 heavy (non-hydrogen) atoms. The summed E-state index contributed by atoms with van der Waals surface area (Å²) < 4.78 is 4.80. The van der Waals surface area contributed by atoms with E-state index in [1.54, 1.807) is 14.2 Å². The molecule has 0 aliphatic rings. The van der Waals surface area contributed by atoms with Gasteiger partial charge in [0.25, 0.3) is 5.91 Å². The average Bonchev–Trinajstić information content (AvgIpc) is 2.05. The fraction of sp³-hybridized carbons (Fsp3) is 0.571. The van der Waals surface area contributed by atoms with E-state index in [0.717, 1.165) is 0 Å². The minimum Gasteiger partial charge on any atom is -0.383 e. The highest BCUT2D eigenvalue weighted by Crippen LogP contribution is 1.84. The van der Waals surface area contributed by atoms with Crippen LogP contribution in [0.4, 0.5) is 0 Å². The Morgan fingerprint density at radius 1 is 1.82 bits per heavy atom. The Kier molecular flexibility index (Phi) is 5.42. The van der Waals surface area contributed by atoms with Crippen LogP contribution in [-0.2, 0) is 9.53 Å². The van der Waals surface area contributed by atoms with Crippen LogP contribution in [0.3, 0.4) is 0 Å². The Morgan fingerprint density at radius 3 is 2.82 bits per heavy atom. The number of carbonyl (C=O) groups is 1. The summed E-state index contributed by atoms with van der Waals surface area (Å²) in [4.78, 5) is 10.9. The number of nitrogens with zero attached hydrogens (tertiary/aromatic N) is 1. The van der Waals surface area contributed by atoms with Crippen LogP contribution in [0.5, 0.6) is 0 Å². The molecule has 0 saturated carbocycles. The van der Waals surface area contributed by atoms with E-state index in [4.69, 9.17) is 4.74 Å². The Labute approximate surface area is 66.8 Å². The van der Waals surface area contributed by atoms with Crippen molar-refractivity contribution in [2.45, 2.75) is 0 Å². The molecule has 0 radical (unpaired) electrons. The number of hydrazine groups is 1. The summed E-state index contributed by atoms with van der Waals surface area (Å²) in [5.74, 6) is -0.149. The first-order chi connectivity index (χ1) is 5.26. The maximum absolute atomic E-state index is 10.9. The van der Waals surface area contributed by atoms with Gasteiger partial charge in [-0.15, -0.1) is 0 Å². The summed E-state index contributed by atoms with van der Waals surface area (Å²) in [5.41, 5.74) is 2.72. The van der Waals surface area contributed by atoms with Crippen LogP contribution in [0.2, 0.25) is 0 Å². The highest BCUT2D eigenvalue weighted by Gasteiger charge is 2.05. The molecule has 0 aromatic heterocycles. The second kappa shape index (κ2) is 5.88. The Bertz CT molecular complexity index is 136. The molecule has 0 fully saturated rings. The maximum Gasteiger partial charge on any atom is 0.260 e. The second-order valence-corrected chi connectivity index (χ2v) is 1.91. The van der Waals surface area contributed by atoms with Gasteiger partial charge in [-0.1, -0.05) is 6.58 Å². The van der Waals surface area contributed by atoms with Crippen molar-refractivity contribution in [2.75, 3.05) is 27.3 Å². The first-order valence-corrected chi connectivity index (χ1v) is 3.36. The average molecular weight is 158 g/mol. The maximum atomic E-state index is 10.9. The minimum absolute atomic E-state index is 0.149. The summed E-state index contributed by atoms with van der Waals surface area (Å²) in [6, 6.07) is 0. The molecule has 0 aromatic rings. The molecule has 0 aromatic carbocycles. The standard InChI is InChI=1S/C7H14N2O2/c1-4-7(10)9(8-2)5-6-11-3/h4,8H,1,5-6H2,2-3H3. The molecule has 0 aliphatic heterocycles. The van der Waals surface area contributed by atoms with Crippen molar-refractivity contribution in [2.24, 2.45) is 0 Å². The van der Waals surface area contributed by atoms with Crippen molar-refractivity contribution in [3.05, 3.63) is 12.7 Å². The Morgan fingerprint density at radius 2 is 2.45 bits per heavy atom. The van der Waals surface area contributed by atoms with Gasteiger partial charge in [-0.2, -0.15) is 0 Å². The molecule has 4 heteroatoms. The number of amides is 1. The summed E-state index contributed by atoms with van der Waals surface area (Å²) in [5, 5.41) is 1.43. The molecular weight excluding hydrogens is 144 g/mol. The summed E-state index contributed by atoms with van der Waals surface area (Å²) >= 11 is 0. The molecule has 0 spiro atoms. The molecule has 0 aliphatic carbocycles. The molecule has 0 unspecified atom stereocenters. The summed E-state index contributed by atoms with van der Waals surface area (Å²) in [7, 11) is 3.27. The molecule has 0 heterocycles. The number of nitrogens with one attached hydrogen (secondary N) is 1. The van der Waals surface area contributed by atoms with Gasteiger partial charge in [-0.3, -0.25) is 9.80 Å². The number of rotatable bonds is 5. The van der Waals surface area contributed by atoms with Crippen LogP contribution in [0, 0.1) is 0 Å². The summed E-state index contributed by atoms with van der Waals surface area (Å²) in [6.07, 6.45) is 1.26. The van der Waals surface area contributed by atoms with E-state index >= 15 is 0 Å². The van der Waals surface area contributed by atoms with E-state index in [-0.39, 0.29) is 5.91 Å². The third-order valence-corrected chi connectivity index (χ3v) is 1.23. The SMILES string of the molecule is C=CC(=O)N(CCOC)NC. The van der Waals surface area contributed by atoms with Gasteiger partial charge in [0.1, 0.15) is 0 Å². The van der Waals surface area contributed by atoms with Crippen LogP contribution in [-0.4, -0.2) is 38.2 Å². The molecule has 4 nitrogen and oxygen atoms in total. The molecule has 1 amide bonds. The van der Waals surface area contributed by atoms with Crippen LogP contribution in [0.15, 0.2) is 12.7 Å². The van der Waals surface area contributed by atoms with E-state index in [9.17, 15) is 4.79 Å². The summed E-state index contributed by atoms with van der Waals surface area (Å²) in [6.45, 7) is 4.41. The smallest absolute Gasteiger partial charge is 0.260 e. The van der Waals surface area contributed by atoms with Gasteiger partial charge >= 0.3 is 0 Å². The molecule has 0 saturated heterocycles. The normalized spacial score (nSPS) is 9.27. The Balaban J connectivity index is 3.74. The van der Waals surface area contributed by atoms with Crippen molar-refractivity contribution in [1.82, 2.24) is 10.4 Å². The predicted molar refractivity (Wildman–Crippen MR) is 42.8 cm³/mol. The topological polar surface area (TPSA) is 41.6 Å². The number of ether oxygens (including phenoxy) is 1. The van der Waals surface area contributed by atoms with E-state index in [1.807, 2.05) is 0 Å². The van der Waals surface area contributed by atoms with Crippen LogP contribution < -0.4 is 5.43 Å². The van der Waals surface area contributed by atoms with E-state index in [2.05, 4.69) is 12.0 Å². The van der Waals surface area contributed by atoms with Gasteiger partial charge in [-0.05, 0) is 6.08 Å². The van der Waals surface area contributed by atoms with E-state index in [0.29, 0.717) is 13.2 Å². The highest BCUT2D eigenvalue weighted by molar-refractivity contribution is 5.86. The third-order valence-electron chi connectivity index (χ3n) is 1.23. The van der Waals surface area contributed by atoms with Gasteiger partial charge < -0.3 is 4.74 Å². The van der Waals surface area contributed by atoms with Gasteiger partial charge in [0, 0.05) is 14.2 Å². The van der Waals surface area contributed by atoms with Crippen molar-refractivity contribution in [1.29, 1.82) is 0 Å². The van der Waals surface area contributed by atoms with Gasteiger partial charge in [-0.25, -0.2) is 5.43 Å². The highest BCUT2D eigenvalue weighted by atomic mass is 16.5. The monoisotopic (exact) mass is 158 g/mol. The van der Waals surface area contributed by atoms with Gasteiger partial charge in [0.15, 0.2) is 0 Å². The fourth-order valence-corrected chi connectivity index (χ4v) is 0.625. The molecule has 0 bridgehead atoms. The lowest BCUT2D eigenvalue weighted by Gasteiger charge is -2.18. The number of hydrogen-bond donors (Lipinski definition) is 1. The number of carbonyl (C=O) groups excluding carboxylic acids is 1. The number of hydrogen-bond acceptors (Lipinski definition) is 3. The van der Waals surface area contributed by atoms with E-state index in [1.165, 1.54) is 11.1 Å². The molecular formula is C7H14N2O2. The zero-order chi connectivity index (χ0) is 8.69. The molecule has 0 atom stereocenters. The first-order valence-electron chi connectivity index (χ1n) is 3.36. The zero-order valence-electron chi connectivity index (χ0n) is 6.96. The van der Waals surface area contributed by atoms with Gasteiger partial charge in [0.05, 0.1) is 13.2 Å². The van der Waals surface area contributed by atoms with Crippen LogP contribution >= 0.6 is 0 Å². The fourth-order valence-electron chi connectivity index (χ4n) is 0.625. The van der Waals surface area contributed by atoms with Crippen molar-refractivity contribution < 1.29 is 9.53 Å². The molecule has 64 valence electrons. The Hall–Kier alpha value is -0.870. The van der Waals surface area contributed by atoms with Crippen LogP contribution in [0.25, 0.3) is 0 Å². The zero-order valence-corrected chi connectivity index (χ0v) is 6.96. The first kappa shape index (κ1) is 10.1. The lowest BCUT2D eigenvalue weighted by atomic mass is 10.5. The van der Waals surface area contributed by atoms with E-state index < -0.39 is 0 Å².